The Morgan fingerprint density at radius 1 is 1.21 bits per heavy atom. The highest BCUT2D eigenvalue weighted by atomic mass is 35.5. The van der Waals surface area contributed by atoms with Crippen molar-refractivity contribution in [1.29, 1.82) is 0 Å². The number of nitrogens with one attached hydrogen (secondary N) is 2. The fraction of sp³-hybridized carbons (Fsp3) is 0.300. The smallest absolute Gasteiger partial charge is 0.162 e. The lowest BCUT2D eigenvalue weighted by Crippen LogP contribution is -2.37. The average molecular weight is 410 g/mol. The molecular formula is C20H20ClN7O. The number of ether oxygens (including phenoxy) is 1. The van der Waals surface area contributed by atoms with E-state index in [1.807, 2.05) is 12.1 Å². The Bertz CT molecular complexity index is 1170. The number of rotatable bonds is 4. The topological polar surface area (TPSA) is 91.9 Å². The molecule has 9 heteroatoms. The molecule has 29 heavy (non-hydrogen) atoms. The van der Waals surface area contributed by atoms with Crippen molar-refractivity contribution in [1.82, 2.24) is 24.9 Å². The molecule has 1 fully saturated rings. The molecule has 0 aliphatic carbocycles. The molecule has 1 aliphatic rings. The van der Waals surface area contributed by atoms with Crippen LogP contribution in [0.5, 0.6) is 0 Å². The van der Waals surface area contributed by atoms with E-state index in [-0.39, 0.29) is 6.04 Å². The van der Waals surface area contributed by atoms with Gasteiger partial charge in [-0.1, -0.05) is 23.7 Å². The Hall–Kier alpha value is -2.97. The summed E-state index contributed by atoms with van der Waals surface area (Å²) in [5.41, 5.74) is 2.31. The molecule has 8 nitrogen and oxygen atoms in total. The highest BCUT2D eigenvalue weighted by molar-refractivity contribution is 6.36. The minimum atomic E-state index is -0.0898. The predicted molar refractivity (Wildman–Crippen MR) is 114 cm³/mol. The summed E-state index contributed by atoms with van der Waals surface area (Å²) in [6.45, 7) is 5.01. The third-order valence-corrected chi connectivity index (χ3v) is 5.45. The quantitative estimate of drug-likeness (QED) is 0.532. The first-order valence-corrected chi connectivity index (χ1v) is 9.91. The van der Waals surface area contributed by atoms with E-state index in [0.717, 1.165) is 35.4 Å². The van der Waals surface area contributed by atoms with E-state index in [2.05, 4.69) is 49.2 Å². The second-order valence-electron chi connectivity index (χ2n) is 7.00. The Morgan fingerprint density at radius 2 is 2.07 bits per heavy atom. The number of pyridine rings is 1. The Balaban J connectivity index is 1.56. The molecule has 0 radical (unpaired) electrons. The van der Waals surface area contributed by atoms with Gasteiger partial charge in [0, 0.05) is 18.5 Å². The van der Waals surface area contributed by atoms with Gasteiger partial charge in [0.2, 0.25) is 0 Å². The third kappa shape index (κ3) is 3.34. The van der Waals surface area contributed by atoms with Crippen LogP contribution in [0.2, 0.25) is 5.02 Å². The minimum Gasteiger partial charge on any atom is -0.378 e. The van der Waals surface area contributed by atoms with E-state index in [0.29, 0.717) is 35.2 Å². The average Bonchev–Trinajstić information content (AvgIpc) is 3.24. The molecule has 148 valence electrons. The van der Waals surface area contributed by atoms with Gasteiger partial charge in [-0.25, -0.2) is 19.9 Å². The van der Waals surface area contributed by atoms with Crippen LogP contribution in [0, 0.1) is 0 Å². The second-order valence-corrected chi connectivity index (χ2v) is 7.40. The molecule has 1 aliphatic heterocycles. The summed E-state index contributed by atoms with van der Waals surface area (Å²) in [6, 6.07) is 7.93. The summed E-state index contributed by atoms with van der Waals surface area (Å²) in [5.74, 6) is 1.57. The number of morpholine rings is 1. The first-order valence-electron chi connectivity index (χ1n) is 9.53. The highest BCUT2D eigenvalue weighted by Gasteiger charge is 2.20. The maximum Gasteiger partial charge on any atom is 0.162 e. The number of nitrogens with zero attached hydrogens (tertiary/aromatic N) is 5. The molecule has 1 aromatic carbocycles. The molecule has 0 saturated carbocycles. The van der Waals surface area contributed by atoms with E-state index in [1.165, 1.54) is 6.33 Å². The summed E-state index contributed by atoms with van der Waals surface area (Å²) >= 11 is 6.55. The Morgan fingerprint density at radius 3 is 2.93 bits per heavy atom. The predicted octanol–water partition coefficient (Wildman–Crippen LogP) is 3.56. The lowest BCUT2D eigenvalue weighted by molar-refractivity contribution is 0.122. The van der Waals surface area contributed by atoms with Crippen molar-refractivity contribution in [2.24, 2.45) is 0 Å². The van der Waals surface area contributed by atoms with Crippen LogP contribution in [-0.2, 0) is 4.74 Å². The van der Waals surface area contributed by atoms with Crippen molar-refractivity contribution < 1.29 is 4.74 Å². The lowest BCUT2D eigenvalue weighted by Gasteiger charge is -2.30. The van der Waals surface area contributed by atoms with Gasteiger partial charge in [0.05, 0.1) is 36.3 Å². The molecule has 4 aromatic rings. The number of anilines is 2. The lowest BCUT2D eigenvalue weighted by atomic mass is 10.1. The molecule has 4 heterocycles. The fourth-order valence-electron chi connectivity index (χ4n) is 3.64. The molecule has 1 unspecified atom stereocenters. The maximum absolute atomic E-state index is 6.55. The zero-order valence-corrected chi connectivity index (χ0v) is 16.6. The normalized spacial score (nSPS) is 15.7. The number of aromatic amines is 1. The van der Waals surface area contributed by atoms with Crippen LogP contribution in [-0.4, -0.2) is 51.2 Å². The number of benzene rings is 1. The number of hydrogen-bond donors (Lipinski definition) is 2. The van der Waals surface area contributed by atoms with Gasteiger partial charge in [0.15, 0.2) is 11.5 Å². The summed E-state index contributed by atoms with van der Waals surface area (Å²) in [6.07, 6.45) is 3.13. The number of halogens is 1. The van der Waals surface area contributed by atoms with E-state index in [1.54, 1.807) is 6.33 Å². The summed E-state index contributed by atoms with van der Waals surface area (Å²) in [7, 11) is 0. The van der Waals surface area contributed by atoms with Gasteiger partial charge in [0.1, 0.15) is 17.7 Å². The molecule has 0 bridgehead atoms. The van der Waals surface area contributed by atoms with Crippen molar-refractivity contribution in [3.05, 3.63) is 47.6 Å². The number of aromatic nitrogens is 5. The first kappa shape index (κ1) is 18.1. The Kier molecular flexibility index (Phi) is 4.65. The SMILES string of the molecule is CC(Nc1ncnc2[nH]cnc12)c1cc2cccc(Cl)c2c(N2CCOCC2)n1. The molecule has 2 N–H and O–H groups in total. The number of imidazole rings is 1. The molecule has 0 spiro atoms. The number of hydrogen-bond acceptors (Lipinski definition) is 7. The van der Waals surface area contributed by atoms with Crippen molar-refractivity contribution in [3.8, 4) is 0 Å². The molecule has 1 saturated heterocycles. The zero-order valence-electron chi connectivity index (χ0n) is 15.9. The van der Waals surface area contributed by atoms with Gasteiger partial charge in [-0.3, -0.25) is 0 Å². The van der Waals surface area contributed by atoms with Crippen LogP contribution in [0.3, 0.4) is 0 Å². The van der Waals surface area contributed by atoms with Crippen molar-refractivity contribution >= 4 is 45.2 Å². The first-order chi connectivity index (χ1) is 14.2. The standard InChI is InChI=1S/C20H20ClN7O/c1-12(26-19-17-18(23-10-22-17)24-11-25-19)15-9-13-3-2-4-14(21)16(13)20(27-15)28-5-7-29-8-6-28/h2-4,9-12H,5-8H2,1H3,(H2,22,23,24,25,26). The monoisotopic (exact) mass is 409 g/mol. The van der Waals surface area contributed by atoms with Gasteiger partial charge in [0.25, 0.3) is 0 Å². The Labute approximate surface area is 172 Å². The maximum atomic E-state index is 6.55. The molecule has 5 rings (SSSR count). The number of H-pyrrole nitrogens is 1. The summed E-state index contributed by atoms with van der Waals surface area (Å²) in [5, 5.41) is 6.17. The van der Waals surface area contributed by atoms with E-state index in [4.69, 9.17) is 21.3 Å². The second kappa shape index (κ2) is 7.46. The van der Waals surface area contributed by atoms with Crippen LogP contribution in [0.15, 0.2) is 36.9 Å². The number of fused-ring (bicyclic) bond motifs is 2. The van der Waals surface area contributed by atoms with E-state index in [9.17, 15) is 0 Å². The van der Waals surface area contributed by atoms with Crippen molar-refractivity contribution in [3.63, 3.8) is 0 Å². The van der Waals surface area contributed by atoms with Crippen LogP contribution in [0.1, 0.15) is 18.7 Å². The zero-order chi connectivity index (χ0) is 19.8. The third-order valence-electron chi connectivity index (χ3n) is 5.13. The molecule has 3 aromatic heterocycles. The van der Waals surface area contributed by atoms with Crippen molar-refractivity contribution in [2.45, 2.75) is 13.0 Å². The van der Waals surface area contributed by atoms with Crippen LogP contribution in [0.4, 0.5) is 11.6 Å². The minimum absolute atomic E-state index is 0.0898. The van der Waals surface area contributed by atoms with Crippen LogP contribution in [0.25, 0.3) is 21.9 Å². The molecule has 1 atom stereocenters. The summed E-state index contributed by atoms with van der Waals surface area (Å²) < 4.78 is 5.51. The highest BCUT2D eigenvalue weighted by Crippen LogP contribution is 2.34. The van der Waals surface area contributed by atoms with Crippen LogP contribution >= 0.6 is 11.6 Å². The van der Waals surface area contributed by atoms with E-state index < -0.39 is 0 Å². The van der Waals surface area contributed by atoms with Gasteiger partial charge in [-0.05, 0) is 24.4 Å². The molecule has 0 amide bonds. The van der Waals surface area contributed by atoms with Crippen molar-refractivity contribution in [2.75, 3.05) is 36.5 Å². The van der Waals surface area contributed by atoms with Gasteiger partial charge in [-0.15, -0.1) is 0 Å². The van der Waals surface area contributed by atoms with E-state index >= 15 is 0 Å². The largest absolute Gasteiger partial charge is 0.378 e. The fourth-order valence-corrected chi connectivity index (χ4v) is 3.91. The molecular weight excluding hydrogens is 390 g/mol. The summed E-state index contributed by atoms with van der Waals surface area (Å²) in [4.78, 5) is 23.1. The van der Waals surface area contributed by atoms with Gasteiger partial charge >= 0.3 is 0 Å². The van der Waals surface area contributed by atoms with Crippen LogP contribution < -0.4 is 10.2 Å². The van der Waals surface area contributed by atoms with Gasteiger partial charge in [-0.2, -0.15) is 0 Å². The van der Waals surface area contributed by atoms with Gasteiger partial charge < -0.3 is 19.9 Å².